The van der Waals surface area contributed by atoms with Gasteiger partial charge in [-0.25, -0.2) is 0 Å². The van der Waals surface area contributed by atoms with E-state index in [0.717, 1.165) is 5.56 Å². The van der Waals surface area contributed by atoms with Gasteiger partial charge in [0, 0.05) is 0 Å². The molecule has 0 saturated heterocycles. The molecule has 2 aromatic rings. The van der Waals surface area contributed by atoms with Gasteiger partial charge in [0.15, 0.2) is 0 Å². The van der Waals surface area contributed by atoms with Gasteiger partial charge >= 0.3 is 33.1 Å². The fourth-order valence-electron chi connectivity index (χ4n) is 1.24. The summed E-state index contributed by atoms with van der Waals surface area (Å²) in [5.41, 5.74) is 15.9. The van der Waals surface area contributed by atoms with Crippen LogP contribution in [0.5, 0.6) is 0 Å². The molecule has 0 fully saturated rings. The Morgan fingerprint density at radius 2 is 1.56 bits per heavy atom. The average Bonchev–Trinajstić information content (AvgIpc) is 2.43. The van der Waals surface area contributed by atoms with Crippen molar-refractivity contribution in [2.45, 2.75) is 0 Å². The second-order valence-electron chi connectivity index (χ2n) is 2.85. The smallest absolute Gasteiger partial charge is 0.255 e. The van der Waals surface area contributed by atoms with E-state index in [1.807, 2.05) is 24.3 Å². The Balaban J connectivity index is 0.000000509. The van der Waals surface area contributed by atoms with Crippen LogP contribution in [0.3, 0.4) is 0 Å². The Morgan fingerprint density at radius 3 is 2.06 bits per heavy atom. The monoisotopic (exact) mass is 511 g/mol. The van der Waals surface area contributed by atoms with E-state index in [2.05, 4.69) is 65.7 Å². The molecule has 6 heteroatoms. The first-order valence-corrected chi connectivity index (χ1v) is 8.72. The van der Waals surface area contributed by atoms with Crippen LogP contribution in [0.2, 0.25) is 0 Å². The maximum Gasteiger partial charge on any atom is -0.255 e. The van der Waals surface area contributed by atoms with Crippen molar-refractivity contribution in [2.24, 2.45) is 0 Å². The van der Waals surface area contributed by atoms with Crippen molar-refractivity contribution in [3.63, 3.8) is 0 Å². The molecule has 0 amide bonds. The molecule has 3 nitrogen and oxygen atoms in total. The van der Waals surface area contributed by atoms with E-state index < -0.39 is 0 Å². The first kappa shape index (κ1) is 17.7. The van der Waals surface area contributed by atoms with Crippen LogP contribution in [-0.2, 0) is 12.8 Å². The summed E-state index contributed by atoms with van der Waals surface area (Å²) in [6.45, 7) is 0. The SMILES string of the molecule is Ic1ccccc1-c1[c-]cccc1.[Cu][I].[N-]=[N+]=[N-]. The third-order valence-electron chi connectivity index (χ3n) is 1.87. The summed E-state index contributed by atoms with van der Waals surface area (Å²) in [5.74, 6) is 0. The van der Waals surface area contributed by atoms with Gasteiger partial charge in [0.1, 0.15) is 0 Å². The molecule has 2 aromatic carbocycles. The Labute approximate surface area is 139 Å². The molecule has 0 saturated carbocycles. The van der Waals surface area contributed by atoms with Gasteiger partial charge in [0.2, 0.25) is 0 Å². The Kier molecular flexibility index (Phi) is 11.6. The Hall–Kier alpha value is -0.271. The number of hydrogen-bond acceptors (Lipinski definition) is 0. The molecule has 2 rings (SSSR count). The van der Waals surface area contributed by atoms with Crippen LogP contribution in [0.25, 0.3) is 27.1 Å². The van der Waals surface area contributed by atoms with E-state index in [0.29, 0.717) is 0 Å². The zero-order chi connectivity index (χ0) is 13.8. The van der Waals surface area contributed by atoms with Gasteiger partial charge in [-0.15, -0.1) is 35.9 Å². The summed E-state index contributed by atoms with van der Waals surface area (Å²) in [7, 11) is 0. The largest absolute Gasteiger partial charge is 0.373 e. The third kappa shape index (κ3) is 6.61. The normalized spacial score (nSPS) is 8.00. The van der Waals surface area contributed by atoms with E-state index >= 15 is 0 Å². The Morgan fingerprint density at radius 1 is 1.00 bits per heavy atom. The van der Waals surface area contributed by atoms with Crippen molar-refractivity contribution in [1.82, 2.24) is 0 Å². The van der Waals surface area contributed by atoms with Gasteiger partial charge in [-0.3, -0.25) is 4.91 Å². The molecule has 0 radical (unpaired) electrons. The van der Waals surface area contributed by atoms with Crippen LogP contribution in [-0.4, -0.2) is 0 Å². The summed E-state index contributed by atoms with van der Waals surface area (Å²) in [6, 6.07) is 19.6. The van der Waals surface area contributed by atoms with Gasteiger partial charge in [0.05, 0.1) is 0 Å². The van der Waals surface area contributed by atoms with Crippen LogP contribution in [0, 0.1) is 9.64 Å². The number of halogens is 2. The van der Waals surface area contributed by atoms with Crippen molar-refractivity contribution in [2.75, 3.05) is 0 Å². The molecule has 0 bridgehead atoms. The molecule has 98 valence electrons. The minimum absolute atomic E-state index is 1.16. The summed E-state index contributed by atoms with van der Waals surface area (Å²) >= 11 is 8.21. The van der Waals surface area contributed by atoms with Gasteiger partial charge in [0.25, 0.3) is 0 Å². The van der Waals surface area contributed by atoms with Gasteiger partial charge in [-0.2, -0.15) is 0 Å². The predicted molar refractivity (Wildman–Crippen MR) is 87.5 cm³/mol. The quantitative estimate of drug-likeness (QED) is 0.121. The van der Waals surface area contributed by atoms with E-state index in [9.17, 15) is 0 Å². The molecule has 0 aliphatic rings. The van der Waals surface area contributed by atoms with Crippen LogP contribution in [0.4, 0.5) is 0 Å². The maximum atomic E-state index is 6.75. The van der Waals surface area contributed by atoms with Crippen LogP contribution < -0.4 is 0 Å². The van der Waals surface area contributed by atoms with E-state index in [1.54, 1.807) is 20.3 Å². The second kappa shape index (κ2) is 11.8. The predicted octanol–water partition coefficient (Wildman–Crippen LogP) is 5.51. The molecule has 0 aliphatic heterocycles. The zero-order valence-electron chi connectivity index (χ0n) is 9.02. The van der Waals surface area contributed by atoms with Gasteiger partial charge < -0.3 is 11.1 Å². The molecule has 0 unspecified atom stereocenters. The first-order valence-electron chi connectivity index (χ1n) is 4.61. The molecule has 18 heavy (non-hydrogen) atoms. The first-order chi connectivity index (χ1) is 8.79. The minimum Gasteiger partial charge on any atom is -0.373 e. The molecule has 0 atom stereocenters. The second-order valence-corrected chi connectivity index (χ2v) is 4.01. The van der Waals surface area contributed by atoms with Crippen molar-refractivity contribution in [3.05, 3.63) is 74.1 Å². The molecule has 0 spiro atoms. The fraction of sp³-hybridized carbons (Fsp3) is 0. The zero-order valence-corrected chi connectivity index (χ0v) is 14.3. The van der Waals surface area contributed by atoms with Crippen LogP contribution >= 0.6 is 42.9 Å². The number of benzene rings is 2. The number of nitrogens with zero attached hydrogens (tertiary/aromatic N) is 3. The van der Waals surface area contributed by atoms with Crippen molar-refractivity contribution < 1.29 is 12.8 Å². The van der Waals surface area contributed by atoms with Gasteiger partial charge in [-0.1, -0.05) is 52.4 Å². The van der Waals surface area contributed by atoms with Crippen LogP contribution in [0.1, 0.15) is 0 Å². The topological polar surface area (TPSA) is 58.7 Å². The molecular formula is C12H8CuI2N3-2. The molecule has 0 aliphatic carbocycles. The fourth-order valence-corrected chi connectivity index (χ4v) is 1.92. The van der Waals surface area contributed by atoms with Crippen molar-refractivity contribution >= 4 is 42.9 Å². The molecule has 0 N–H and O–H groups in total. The van der Waals surface area contributed by atoms with E-state index in [-0.39, 0.29) is 0 Å². The Bertz CT molecular complexity index is 486. The third-order valence-corrected chi connectivity index (χ3v) is 2.81. The van der Waals surface area contributed by atoms with Crippen molar-refractivity contribution in [3.8, 4) is 11.1 Å². The summed E-state index contributed by atoms with van der Waals surface area (Å²) in [5, 5.41) is 0. The average molecular weight is 512 g/mol. The van der Waals surface area contributed by atoms with Crippen molar-refractivity contribution in [1.29, 1.82) is 0 Å². The number of rotatable bonds is 1. The van der Waals surface area contributed by atoms with E-state index in [4.69, 9.17) is 11.1 Å². The standard InChI is InChI=1S/C12H8I.Cu.HI.N3/c13-12-9-5-4-8-11(12)10-6-2-1-3-7-10;;;1-3-2/h1-6,8-9H;;1H;/q-1;+1;;-1/p-1. The molecule has 0 heterocycles. The van der Waals surface area contributed by atoms with Crippen LogP contribution in [0.15, 0.2) is 48.5 Å². The molecule has 0 aromatic heterocycles. The van der Waals surface area contributed by atoms with E-state index in [1.165, 1.54) is 14.0 Å². The summed E-state index contributed by atoms with van der Waals surface area (Å²) < 4.78 is 1.27. The number of hydrogen-bond donors (Lipinski definition) is 0. The minimum atomic E-state index is 1.16. The maximum absolute atomic E-state index is 6.75. The summed E-state index contributed by atoms with van der Waals surface area (Å²) in [6.07, 6.45) is 0. The van der Waals surface area contributed by atoms with Gasteiger partial charge in [-0.05, 0) is 3.57 Å². The summed E-state index contributed by atoms with van der Waals surface area (Å²) in [4.78, 5) is 1.50. The molecular weight excluding hydrogens is 504 g/mol.